The molecule has 4 rings (SSSR count). The van der Waals surface area contributed by atoms with E-state index in [4.69, 9.17) is 11.6 Å². The first-order chi connectivity index (χ1) is 17.0. The van der Waals surface area contributed by atoms with Crippen LogP contribution in [0, 0.1) is 0 Å². The van der Waals surface area contributed by atoms with E-state index in [1.54, 1.807) is 19.1 Å². The standard InChI is InChI=1S/C28H31ClN4O2/c1-22(34)33-19-9-17-31(21-24-11-6-7-15-30-24)16-8-18-32(20-23-10-2-5-14-27(23)33)28(35)25-12-3-4-13-26(25)29/h2-7,10-15H,8-9,16-21H2,1H3. The van der Waals surface area contributed by atoms with Gasteiger partial charge in [0.25, 0.3) is 5.91 Å². The predicted octanol–water partition coefficient (Wildman–Crippen LogP) is 5.03. The fourth-order valence-electron chi connectivity index (χ4n) is 4.55. The first-order valence-electron chi connectivity index (χ1n) is 12.0. The highest BCUT2D eigenvalue weighted by atomic mass is 35.5. The van der Waals surface area contributed by atoms with Crippen molar-refractivity contribution >= 4 is 29.1 Å². The smallest absolute Gasteiger partial charge is 0.255 e. The second-order valence-electron chi connectivity index (χ2n) is 8.81. The van der Waals surface area contributed by atoms with Gasteiger partial charge in [0, 0.05) is 58.1 Å². The number of carbonyl (C=O) groups excluding carboxylic acids is 2. The zero-order chi connectivity index (χ0) is 24.6. The lowest BCUT2D eigenvalue weighted by Crippen LogP contribution is -2.38. The number of halogens is 1. The average Bonchev–Trinajstić information content (AvgIpc) is 2.86. The fourth-order valence-corrected chi connectivity index (χ4v) is 4.76. The lowest BCUT2D eigenvalue weighted by Gasteiger charge is -2.31. The molecule has 2 heterocycles. The number of rotatable bonds is 3. The molecule has 182 valence electrons. The zero-order valence-corrected chi connectivity index (χ0v) is 20.8. The number of carbonyl (C=O) groups is 2. The summed E-state index contributed by atoms with van der Waals surface area (Å²) in [5.74, 6) is -0.108. The van der Waals surface area contributed by atoms with Gasteiger partial charge in [0.1, 0.15) is 0 Å². The Labute approximate surface area is 212 Å². The van der Waals surface area contributed by atoms with E-state index in [0.717, 1.165) is 49.4 Å². The van der Waals surface area contributed by atoms with Gasteiger partial charge in [0.15, 0.2) is 0 Å². The van der Waals surface area contributed by atoms with E-state index in [0.29, 0.717) is 30.2 Å². The van der Waals surface area contributed by atoms with Gasteiger partial charge in [-0.15, -0.1) is 0 Å². The van der Waals surface area contributed by atoms with Crippen LogP contribution in [0.5, 0.6) is 0 Å². The molecule has 3 aromatic rings. The van der Waals surface area contributed by atoms with E-state index in [-0.39, 0.29) is 11.8 Å². The first-order valence-corrected chi connectivity index (χ1v) is 12.4. The quantitative estimate of drug-likeness (QED) is 0.517. The van der Waals surface area contributed by atoms with Crippen molar-refractivity contribution in [3.8, 4) is 0 Å². The summed E-state index contributed by atoms with van der Waals surface area (Å²) in [5, 5.41) is 0.444. The molecule has 6 nitrogen and oxygen atoms in total. The molecule has 0 bridgehead atoms. The van der Waals surface area contributed by atoms with E-state index < -0.39 is 0 Å². The van der Waals surface area contributed by atoms with Gasteiger partial charge in [0.2, 0.25) is 5.91 Å². The molecule has 0 unspecified atom stereocenters. The average molecular weight is 491 g/mol. The Morgan fingerprint density at radius 3 is 2.34 bits per heavy atom. The second-order valence-corrected chi connectivity index (χ2v) is 9.22. The molecule has 7 heteroatoms. The summed E-state index contributed by atoms with van der Waals surface area (Å²) in [4.78, 5) is 36.7. The molecule has 35 heavy (non-hydrogen) atoms. The zero-order valence-electron chi connectivity index (χ0n) is 20.1. The Kier molecular flexibility index (Phi) is 8.50. The highest BCUT2D eigenvalue weighted by molar-refractivity contribution is 6.33. The van der Waals surface area contributed by atoms with Gasteiger partial charge >= 0.3 is 0 Å². The highest BCUT2D eigenvalue weighted by Crippen LogP contribution is 2.25. The normalized spacial score (nSPS) is 15.6. The van der Waals surface area contributed by atoms with Crippen molar-refractivity contribution in [2.75, 3.05) is 31.1 Å². The van der Waals surface area contributed by atoms with E-state index in [1.807, 2.05) is 70.6 Å². The van der Waals surface area contributed by atoms with Crippen molar-refractivity contribution in [2.24, 2.45) is 0 Å². The van der Waals surface area contributed by atoms with Crippen LogP contribution in [-0.4, -0.2) is 52.8 Å². The molecule has 0 radical (unpaired) electrons. The number of hydrogen-bond donors (Lipinski definition) is 0. The van der Waals surface area contributed by atoms with Gasteiger partial charge in [-0.3, -0.25) is 19.5 Å². The third kappa shape index (κ3) is 6.47. The van der Waals surface area contributed by atoms with Crippen LogP contribution in [0.3, 0.4) is 0 Å². The molecular weight excluding hydrogens is 460 g/mol. The largest absolute Gasteiger partial charge is 0.334 e. The van der Waals surface area contributed by atoms with Crippen LogP contribution in [-0.2, 0) is 17.9 Å². The molecule has 1 aliphatic heterocycles. The minimum absolute atomic E-state index is 0.00485. The third-order valence-electron chi connectivity index (χ3n) is 6.29. The monoisotopic (exact) mass is 490 g/mol. The minimum atomic E-state index is -0.104. The van der Waals surface area contributed by atoms with Crippen molar-refractivity contribution in [2.45, 2.75) is 32.9 Å². The van der Waals surface area contributed by atoms with Crippen molar-refractivity contribution in [1.82, 2.24) is 14.8 Å². The van der Waals surface area contributed by atoms with Crippen molar-refractivity contribution < 1.29 is 9.59 Å². The number of fused-ring (bicyclic) bond motifs is 1. The van der Waals surface area contributed by atoms with Gasteiger partial charge in [-0.25, -0.2) is 0 Å². The second kappa shape index (κ2) is 12.0. The van der Waals surface area contributed by atoms with E-state index >= 15 is 0 Å². The van der Waals surface area contributed by atoms with Crippen LogP contribution in [0.2, 0.25) is 5.02 Å². The summed E-state index contributed by atoms with van der Waals surface area (Å²) >= 11 is 6.38. The molecule has 2 amide bonds. The summed E-state index contributed by atoms with van der Waals surface area (Å²) < 4.78 is 0. The maximum absolute atomic E-state index is 13.6. The summed E-state index contributed by atoms with van der Waals surface area (Å²) in [7, 11) is 0. The van der Waals surface area contributed by atoms with Gasteiger partial charge in [0.05, 0.1) is 16.3 Å². The number of nitrogens with zero attached hydrogens (tertiary/aromatic N) is 4. The maximum Gasteiger partial charge on any atom is 0.255 e. The number of amides is 2. The Hall–Kier alpha value is -3.22. The number of benzene rings is 2. The van der Waals surface area contributed by atoms with Gasteiger partial charge in [-0.05, 0) is 48.7 Å². The Morgan fingerprint density at radius 2 is 1.60 bits per heavy atom. The van der Waals surface area contributed by atoms with E-state index in [1.165, 1.54) is 0 Å². The molecule has 0 fully saturated rings. The highest BCUT2D eigenvalue weighted by Gasteiger charge is 2.23. The first kappa shape index (κ1) is 24.9. The number of pyridine rings is 1. The SMILES string of the molecule is CC(=O)N1CCCN(Cc2ccccn2)CCCN(C(=O)c2ccccc2Cl)Cc2ccccc21. The van der Waals surface area contributed by atoms with Crippen LogP contribution in [0.4, 0.5) is 5.69 Å². The van der Waals surface area contributed by atoms with E-state index in [2.05, 4.69) is 9.88 Å². The lowest BCUT2D eigenvalue weighted by atomic mass is 10.1. The summed E-state index contributed by atoms with van der Waals surface area (Å²) in [6, 6.07) is 21.0. The Balaban J connectivity index is 1.64. The third-order valence-corrected chi connectivity index (χ3v) is 6.61. The molecule has 2 aromatic carbocycles. The van der Waals surface area contributed by atoms with Gasteiger partial charge in [-0.2, -0.15) is 0 Å². The summed E-state index contributed by atoms with van der Waals surface area (Å²) in [6.07, 6.45) is 3.48. The van der Waals surface area contributed by atoms with E-state index in [9.17, 15) is 9.59 Å². The van der Waals surface area contributed by atoms with Crippen LogP contribution < -0.4 is 4.90 Å². The van der Waals surface area contributed by atoms with Crippen molar-refractivity contribution in [1.29, 1.82) is 0 Å². The van der Waals surface area contributed by atoms with Gasteiger partial charge in [-0.1, -0.05) is 48.0 Å². The minimum Gasteiger partial charge on any atom is -0.334 e. The number of para-hydroxylation sites is 1. The number of aromatic nitrogens is 1. The predicted molar refractivity (Wildman–Crippen MR) is 139 cm³/mol. The Morgan fingerprint density at radius 1 is 0.886 bits per heavy atom. The van der Waals surface area contributed by atoms with Crippen LogP contribution in [0.1, 0.15) is 41.4 Å². The number of hydrogen-bond acceptors (Lipinski definition) is 4. The van der Waals surface area contributed by atoms with Crippen molar-refractivity contribution in [3.63, 3.8) is 0 Å². The molecule has 1 aliphatic rings. The Bertz CT molecular complexity index is 1150. The topological polar surface area (TPSA) is 56.8 Å². The summed E-state index contributed by atoms with van der Waals surface area (Å²) in [5.41, 5.74) is 3.31. The molecule has 0 saturated heterocycles. The van der Waals surface area contributed by atoms with Crippen LogP contribution in [0.25, 0.3) is 0 Å². The van der Waals surface area contributed by atoms with Crippen LogP contribution in [0.15, 0.2) is 72.9 Å². The number of anilines is 1. The fraction of sp³-hybridized carbons (Fsp3) is 0.321. The lowest BCUT2D eigenvalue weighted by molar-refractivity contribution is -0.116. The molecular formula is C28H31ClN4O2. The van der Waals surface area contributed by atoms with Crippen LogP contribution >= 0.6 is 11.6 Å². The molecule has 0 spiro atoms. The molecule has 0 N–H and O–H groups in total. The maximum atomic E-state index is 13.6. The van der Waals surface area contributed by atoms with Gasteiger partial charge < -0.3 is 9.80 Å². The summed E-state index contributed by atoms with van der Waals surface area (Å²) in [6.45, 7) is 5.59. The molecule has 0 atom stereocenters. The molecule has 0 saturated carbocycles. The molecule has 1 aromatic heterocycles. The molecule has 0 aliphatic carbocycles. The van der Waals surface area contributed by atoms with Crippen molar-refractivity contribution in [3.05, 3.63) is 94.8 Å².